The highest BCUT2D eigenvalue weighted by Gasteiger charge is 2.36. The van der Waals surface area contributed by atoms with Gasteiger partial charge in [0.25, 0.3) is 0 Å². The van der Waals surface area contributed by atoms with Gasteiger partial charge in [0.05, 0.1) is 17.5 Å². The fourth-order valence-corrected chi connectivity index (χ4v) is 3.07. The molecule has 2 unspecified atom stereocenters. The molecule has 0 amide bonds. The van der Waals surface area contributed by atoms with Crippen LogP contribution in [0.5, 0.6) is 0 Å². The van der Waals surface area contributed by atoms with Crippen molar-refractivity contribution in [1.82, 2.24) is 4.98 Å². The fourth-order valence-electron chi connectivity index (χ4n) is 2.36. The summed E-state index contributed by atoms with van der Waals surface area (Å²) in [6.45, 7) is 5.58. The summed E-state index contributed by atoms with van der Waals surface area (Å²) in [6.07, 6.45) is 1.84. The molecule has 1 aliphatic heterocycles. The second-order valence-corrected chi connectivity index (χ2v) is 5.68. The van der Waals surface area contributed by atoms with E-state index in [1.165, 1.54) is 7.11 Å². The van der Waals surface area contributed by atoms with E-state index in [-0.39, 0.29) is 17.8 Å². The number of esters is 1. The number of aryl methyl sites for hydroxylation is 1. The maximum absolute atomic E-state index is 11.7. The summed E-state index contributed by atoms with van der Waals surface area (Å²) in [5, 5.41) is 0. The van der Waals surface area contributed by atoms with Gasteiger partial charge in [-0.3, -0.25) is 4.79 Å². The van der Waals surface area contributed by atoms with Crippen molar-refractivity contribution in [3.63, 3.8) is 0 Å². The van der Waals surface area contributed by atoms with Crippen molar-refractivity contribution in [2.45, 2.75) is 13.8 Å². The van der Waals surface area contributed by atoms with Crippen LogP contribution in [0.3, 0.4) is 0 Å². The van der Waals surface area contributed by atoms with Gasteiger partial charge >= 0.3 is 5.97 Å². The molecular formula is C13H17BrN2O2. The first-order valence-electron chi connectivity index (χ1n) is 5.98. The van der Waals surface area contributed by atoms with Crippen LogP contribution in [0.4, 0.5) is 5.82 Å². The van der Waals surface area contributed by atoms with E-state index in [9.17, 15) is 4.79 Å². The number of anilines is 1. The van der Waals surface area contributed by atoms with Gasteiger partial charge in [-0.05, 0) is 40.4 Å². The molecule has 2 heterocycles. The molecule has 2 atom stereocenters. The van der Waals surface area contributed by atoms with E-state index >= 15 is 0 Å². The van der Waals surface area contributed by atoms with Crippen molar-refractivity contribution in [3.8, 4) is 0 Å². The molecule has 5 heteroatoms. The standard InChI is InChI=1S/C13H17BrN2O2/c1-8-4-11(14)12(15-5-8)16-6-9(2)10(7-16)13(17)18-3/h4-5,9-10H,6-7H2,1-3H3. The molecule has 0 radical (unpaired) electrons. The quantitative estimate of drug-likeness (QED) is 0.786. The Kier molecular flexibility index (Phi) is 3.90. The largest absolute Gasteiger partial charge is 0.469 e. The maximum atomic E-state index is 11.7. The number of aromatic nitrogens is 1. The second-order valence-electron chi connectivity index (χ2n) is 4.83. The summed E-state index contributed by atoms with van der Waals surface area (Å²) in [5.41, 5.74) is 1.11. The predicted octanol–water partition coefficient (Wildman–Crippen LogP) is 2.40. The van der Waals surface area contributed by atoms with E-state index in [4.69, 9.17) is 4.74 Å². The number of hydrogen-bond acceptors (Lipinski definition) is 4. The fraction of sp³-hybridized carbons (Fsp3) is 0.538. The number of carbonyl (C=O) groups excluding carboxylic acids is 1. The zero-order valence-electron chi connectivity index (χ0n) is 10.8. The molecule has 1 aromatic heterocycles. The topological polar surface area (TPSA) is 42.4 Å². The number of ether oxygens (including phenoxy) is 1. The molecular weight excluding hydrogens is 296 g/mol. The van der Waals surface area contributed by atoms with E-state index in [1.807, 2.05) is 19.2 Å². The Labute approximate surface area is 115 Å². The van der Waals surface area contributed by atoms with E-state index in [0.717, 1.165) is 22.4 Å². The Bertz CT molecular complexity index is 464. The van der Waals surface area contributed by atoms with Crippen molar-refractivity contribution in [3.05, 3.63) is 22.3 Å². The van der Waals surface area contributed by atoms with Crippen molar-refractivity contribution in [2.75, 3.05) is 25.1 Å². The first kappa shape index (κ1) is 13.3. The van der Waals surface area contributed by atoms with Gasteiger partial charge < -0.3 is 9.64 Å². The van der Waals surface area contributed by atoms with Gasteiger partial charge in [-0.15, -0.1) is 0 Å². The zero-order chi connectivity index (χ0) is 13.3. The van der Waals surface area contributed by atoms with Crippen molar-refractivity contribution in [2.24, 2.45) is 11.8 Å². The smallest absolute Gasteiger partial charge is 0.310 e. The van der Waals surface area contributed by atoms with Crippen LogP contribution in [0.25, 0.3) is 0 Å². The summed E-state index contributed by atoms with van der Waals surface area (Å²) < 4.78 is 5.81. The molecule has 0 saturated carbocycles. The molecule has 1 saturated heterocycles. The Hall–Kier alpha value is -1.10. The lowest BCUT2D eigenvalue weighted by molar-refractivity contribution is -0.145. The van der Waals surface area contributed by atoms with E-state index in [2.05, 4.69) is 32.7 Å². The van der Waals surface area contributed by atoms with Crippen molar-refractivity contribution in [1.29, 1.82) is 0 Å². The Morgan fingerprint density at radius 1 is 1.56 bits per heavy atom. The van der Waals surface area contributed by atoms with Crippen LogP contribution in [0, 0.1) is 18.8 Å². The van der Waals surface area contributed by atoms with E-state index < -0.39 is 0 Å². The molecule has 0 bridgehead atoms. The second kappa shape index (κ2) is 5.26. The van der Waals surface area contributed by atoms with Crippen LogP contribution in [-0.4, -0.2) is 31.2 Å². The van der Waals surface area contributed by atoms with E-state index in [1.54, 1.807) is 0 Å². The molecule has 18 heavy (non-hydrogen) atoms. The van der Waals surface area contributed by atoms with Crippen LogP contribution in [0.15, 0.2) is 16.7 Å². The summed E-state index contributed by atoms with van der Waals surface area (Å²) in [7, 11) is 1.44. The number of hydrogen-bond donors (Lipinski definition) is 0. The predicted molar refractivity (Wildman–Crippen MR) is 73.6 cm³/mol. The minimum absolute atomic E-state index is 0.0648. The molecule has 1 aliphatic rings. The number of carbonyl (C=O) groups is 1. The first-order chi connectivity index (χ1) is 8.52. The molecule has 0 spiro atoms. The molecule has 0 N–H and O–H groups in total. The lowest BCUT2D eigenvalue weighted by Gasteiger charge is -2.18. The normalized spacial score (nSPS) is 23.2. The number of halogens is 1. The first-order valence-corrected chi connectivity index (χ1v) is 6.77. The zero-order valence-corrected chi connectivity index (χ0v) is 12.4. The van der Waals surface area contributed by atoms with Crippen LogP contribution in [0.2, 0.25) is 0 Å². The van der Waals surface area contributed by atoms with Gasteiger partial charge in [0.2, 0.25) is 0 Å². The molecule has 0 aliphatic carbocycles. The SMILES string of the molecule is COC(=O)C1CN(c2ncc(C)cc2Br)CC1C. The van der Waals surface area contributed by atoms with Gasteiger partial charge in [0.1, 0.15) is 5.82 Å². The summed E-state index contributed by atoms with van der Waals surface area (Å²) in [6, 6.07) is 2.04. The average molecular weight is 313 g/mol. The van der Waals surface area contributed by atoms with Gasteiger partial charge in [0, 0.05) is 19.3 Å². The third-order valence-corrected chi connectivity index (χ3v) is 3.96. The highest BCUT2D eigenvalue weighted by atomic mass is 79.9. The van der Waals surface area contributed by atoms with Crippen LogP contribution < -0.4 is 4.90 Å². The van der Waals surface area contributed by atoms with Gasteiger partial charge in [-0.25, -0.2) is 4.98 Å². The lowest BCUT2D eigenvalue weighted by Crippen LogP contribution is -2.25. The van der Waals surface area contributed by atoms with Crippen molar-refractivity contribution < 1.29 is 9.53 Å². The lowest BCUT2D eigenvalue weighted by atomic mass is 9.99. The van der Waals surface area contributed by atoms with E-state index in [0.29, 0.717) is 6.54 Å². The molecule has 98 valence electrons. The Morgan fingerprint density at radius 2 is 2.28 bits per heavy atom. The molecule has 1 fully saturated rings. The average Bonchev–Trinajstić information content (AvgIpc) is 2.70. The van der Waals surface area contributed by atoms with Crippen LogP contribution >= 0.6 is 15.9 Å². The number of pyridine rings is 1. The highest BCUT2D eigenvalue weighted by Crippen LogP contribution is 2.32. The van der Waals surface area contributed by atoms with Crippen molar-refractivity contribution >= 4 is 27.7 Å². The van der Waals surface area contributed by atoms with Gasteiger partial charge in [-0.1, -0.05) is 6.92 Å². The summed E-state index contributed by atoms with van der Waals surface area (Å²) in [5.74, 6) is 0.990. The Balaban J connectivity index is 2.19. The minimum atomic E-state index is -0.131. The van der Waals surface area contributed by atoms with Gasteiger partial charge in [0.15, 0.2) is 0 Å². The number of methoxy groups -OCH3 is 1. The summed E-state index contributed by atoms with van der Waals surface area (Å²) in [4.78, 5) is 18.2. The maximum Gasteiger partial charge on any atom is 0.310 e. The molecule has 4 nitrogen and oxygen atoms in total. The molecule has 0 aromatic carbocycles. The third-order valence-electron chi connectivity index (χ3n) is 3.37. The minimum Gasteiger partial charge on any atom is -0.469 e. The molecule has 2 rings (SSSR count). The monoisotopic (exact) mass is 312 g/mol. The molecule has 1 aromatic rings. The number of nitrogens with zero attached hydrogens (tertiary/aromatic N) is 2. The number of rotatable bonds is 2. The van der Waals surface area contributed by atoms with Crippen LogP contribution in [-0.2, 0) is 9.53 Å². The summed E-state index contributed by atoms with van der Waals surface area (Å²) >= 11 is 3.53. The highest BCUT2D eigenvalue weighted by molar-refractivity contribution is 9.10. The van der Waals surface area contributed by atoms with Crippen LogP contribution in [0.1, 0.15) is 12.5 Å². The Morgan fingerprint density at radius 3 is 2.89 bits per heavy atom. The third kappa shape index (κ3) is 2.51. The van der Waals surface area contributed by atoms with Gasteiger partial charge in [-0.2, -0.15) is 0 Å².